The van der Waals surface area contributed by atoms with Crippen LogP contribution in [0.3, 0.4) is 0 Å². The third-order valence-electron chi connectivity index (χ3n) is 5.94. The number of hydrogen-bond acceptors (Lipinski definition) is 5. The molecule has 1 aliphatic carbocycles. The molecule has 160 valence electrons. The zero-order valence-electron chi connectivity index (χ0n) is 17.6. The van der Waals surface area contributed by atoms with Gasteiger partial charge in [-0.15, -0.1) is 12.4 Å². The van der Waals surface area contributed by atoms with Crippen molar-refractivity contribution in [3.8, 4) is 11.5 Å². The highest BCUT2D eigenvalue weighted by Gasteiger charge is 2.49. The van der Waals surface area contributed by atoms with E-state index in [1.165, 1.54) is 0 Å². The second-order valence-corrected chi connectivity index (χ2v) is 8.08. The van der Waals surface area contributed by atoms with Gasteiger partial charge >= 0.3 is 0 Å². The van der Waals surface area contributed by atoms with Gasteiger partial charge in [-0.05, 0) is 68.8 Å². The van der Waals surface area contributed by atoms with Gasteiger partial charge < -0.3 is 24.6 Å². The second-order valence-electron chi connectivity index (χ2n) is 8.08. The fourth-order valence-corrected chi connectivity index (χ4v) is 4.38. The third-order valence-corrected chi connectivity index (χ3v) is 5.94. The number of aliphatic hydroxyl groups is 2. The number of halogens is 1. The molecule has 0 saturated heterocycles. The first-order valence-electron chi connectivity index (χ1n) is 9.69. The molecule has 1 fully saturated rings. The molecule has 0 spiro atoms. The van der Waals surface area contributed by atoms with Crippen molar-refractivity contribution in [3.63, 3.8) is 0 Å². The predicted molar refractivity (Wildman–Crippen MR) is 117 cm³/mol. The van der Waals surface area contributed by atoms with Crippen molar-refractivity contribution in [3.05, 3.63) is 59.7 Å². The molecular formula is C23H32ClNO4. The summed E-state index contributed by atoms with van der Waals surface area (Å²) < 4.78 is 10.7. The van der Waals surface area contributed by atoms with E-state index in [0.29, 0.717) is 25.8 Å². The molecule has 2 N–H and O–H groups in total. The Labute approximate surface area is 179 Å². The Hall–Kier alpha value is -1.79. The maximum Gasteiger partial charge on any atom is 0.119 e. The average molecular weight is 422 g/mol. The zero-order valence-corrected chi connectivity index (χ0v) is 18.4. The Bertz CT molecular complexity index is 815. The van der Waals surface area contributed by atoms with Gasteiger partial charge in [0, 0.05) is 12.5 Å². The largest absolute Gasteiger partial charge is 0.497 e. The Morgan fingerprint density at radius 1 is 0.931 bits per heavy atom. The molecule has 0 amide bonds. The SMILES string of the molecule is COc1cccc(C2(O)CCC(O)(c3cccc(OC)c3)C(CN(C)C)C2)c1.Cl. The van der Waals surface area contributed by atoms with Crippen LogP contribution in [-0.4, -0.2) is 50.0 Å². The number of ether oxygens (including phenoxy) is 2. The van der Waals surface area contributed by atoms with Crippen LogP contribution in [0.25, 0.3) is 0 Å². The monoisotopic (exact) mass is 421 g/mol. The first kappa shape index (κ1) is 23.5. The van der Waals surface area contributed by atoms with Gasteiger partial charge in [-0.1, -0.05) is 24.3 Å². The van der Waals surface area contributed by atoms with E-state index in [1.54, 1.807) is 14.2 Å². The molecule has 6 heteroatoms. The lowest BCUT2D eigenvalue weighted by molar-refractivity contribution is -0.134. The molecule has 3 atom stereocenters. The van der Waals surface area contributed by atoms with Crippen LogP contribution in [0, 0.1) is 5.92 Å². The van der Waals surface area contributed by atoms with E-state index < -0.39 is 11.2 Å². The van der Waals surface area contributed by atoms with Crippen LogP contribution >= 0.6 is 12.4 Å². The van der Waals surface area contributed by atoms with Gasteiger partial charge in [0.25, 0.3) is 0 Å². The van der Waals surface area contributed by atoms with Gasteiger partial charge in [-0.2, -0.15) is 0 Å². The van der Waals surface area contributed by atoms with Crippen LogP contribution < -0.4 is 9.47 Å². The maximum absolute atomic E-state index is 11.7. The lowest BCUT2D eigenvalue weighted by atomic mass is 9.64. The number of nitrogens with zero attached hydrogens (tertiary/aromatic N) is 1. The highest BCUT2D eigenvalue weighted by Crippen LogP contribution is 2.50. The fourth-order valence-electron chi connectivity index (χ4n) is 4.38. The van der Waals surface area contributed by atoms with E-state index in [4.69, 9.17) is 9.47 Å². The van der Waals surface area contributed by atoms with E-state index in [-0.39, 0.29) is 18.3 Å². The van der Waals surface area contributed by atoms with Crippen molar-refractivity contribution in [1.82, 2.24) is 4.90 Å². The third kappa shape index (κ3) is 4.86. The molecule has 5 nitrogen and oxygen atoms in total. The lowest BCUT2D eigenvalue weighted by Crippen LogP contribution is -2.49. The highest BCUT2D eigenvalue weighted by atomic mass is 35.5. The van der Waals surface area contributed by atoms with E-state index in [0.717, 1.165) is 22.6 Å². The van der Waals surface area contributed by atoms with Crippen molar-refractivity contribution in [2.24, 2.45) is 5.92 Å². The molecule has 29 heavy (non-hydrogen) atoms. The molecule has 0 aromatic heterocycles. The molecule has 3 unspecified atom stereocenters. The molecular weight excluding hydrogens is 390 g/mol. The highest BCUT2D eigenvalue weighted by molar-refractivity contribution is 5.85. The molecule has 1 aliphatic rings. The molecule has 0 radical (unpaired) electrons. The van der Waals surface area contributed by atoms with Crippen LogP contribution in [0.4, 0.5) is 0 Å². The Morgan fingerprint density at radius 2 is 1.48 bits per heavy atom. The second kappa shape index (κ2) is 9.35. The van der Waals surface area contributed by atoms with Crippen LogP contribution in [0.1, 0.15) is 30.4 Å². The number of methoxy groups -OCH3 is 2. The summed E-state index contributed by atoms with van der Waals surface area (Å²) in [6.45, 7) is 0.667. The molecule has 0 heterocycles. The van der Waals surface area contributed by atoms with Crippen molar-refractivity contribution < 1.29 is 19.7 Å². The summed E-state index contributed by atoms with van der Waals surface area (Å²) in [4.78, 5) is 2.06. The van der Waals surface area contributed by atoms with E-state index >= 15 is 0 Å². The minimum absolute atomic E-state index is 0. The molecule has 2 aromatic rings. The average Bonchev–Trinajstić information content (AvgIpc) is 2.70. The topological polar surface area (TPSA) is 62.2 Å². The van der Waals surface area contributed by atoms with Gasteiger partial charge in [0.05, 0.1) is 25.4 Å². The zero-order chi connectivity index (χ0) is 20.4. The summed E-state index contributed by atoms with van der Waals surface area (Å²) in [5, 5.41) is 23.2. The first-order chi connectivity index (χ1) is 13.3. The summed E-state index contributed by atoms with van der Waals surface area (Å²) in [6.07, 6.45) is 1.40. The van der Waals surface area contributed by atoms with Gasteiger partial charge in [-0.3, -0.25) is 0 Å². The van der Waals surface area contributed by atoms with Crippen molar-refractivity contribution >= 4 is 12.4 Å². The summed E-state index contributed by atoms with van der Waals surface area (Å²) in [6, 6.07) is 15.2. The summed E-state index contributed by atoms with van der Waals surface area (Å²) in [7, 11) is 7.24. The van der Waals surface area contributed by atoms with Crippen molar-refractivity contribution in [1.29, 1.82) is 0 Å². The van der Waals surface area contributed by atoms with Crippen LogP contribution in [0.2, 0.25) is 0 Å². The number of hydrogen-bond donors (Lipinski definition) is 2. The van der Waals surface area contributed by atoms with Crippen LogP contribution in [-0.2, 0) is 11.2 Å². The molecule has 0 bridgehead atoms. The molecule has 1 saturated carbocycles. The van der Waals surface area contributed by atoms with Gasteiger partial charge in [0.15, 0.2) is 0 Å². The quantitative estimate of drug-likeness (QED) is 0.746. The molecule has 2 aromatic carbocycles. The Kier molecular flexibility index (Phi) is 7.57. The summed E-state index contributed by atoms with van der Waals surface area (Å²) >= 11 is 0. The standard InChI is InChI=1S/C23H31NO4.ClH/c1-24(2)16-19-15-22(25,17-7-5-9-20(13-17)27-3)11-12-23(19,26)18-8-6-10-21(14-18)28-4;/h5-10,13-14,19,25-26H,11-12,15-16H2,1-4H3;1H. The predicted octanol–water partition coefficient (Wildman–Crippen LogP) is 3.56. The van der Waals surface area contributed by atoms with Gasteiger partial charge in [0.1, 0.15) is 11.5 Å². The Balaban J connectivity index is 0.00000300. The van der Waals surface area contributed by atoms with Gasteiger partial charge in [0.2, 0.25) is 0 Å². The fraction of sp³-hybridized carbons (Fsp3) is 0.478. The van der Waals surface area contributed by atoms with Crippen LogP contribution in [0.15, 0.2) is 48.5 Å². The Morgan fingerprint density at radius 3 is 2.03 bits per heavy atom. The van der Waals surface area contributed by atoms with Crippen molar-refractivity contribution in [2.75, 3.05) is 34.9 Å². The number of benzene rings is 2. The normalized spacial score (nSPS) is 26.7. The summed E-state index contributed by atoms with van der Waals surface area (Å²) in [5.41, 5.74) is -0.348. The van der Waals surface area contributed by atoms with E-state index in [2.05, 4.69) is 4.90 Å². The smallest absolute Gasteiger partial charge is 0.119 e. The van der Waals surface area contributed by atoms with E-state index in [1.807, 2.05) is 62.6 Å². The minimum atomic E-state index is -1.02. The molecule has 3 rings (SSSR count). The summed E-state index contributed by atoms with van der Waals surface area (Å²) in [5.74, 6) is 1.31. The van der Waals surface area contributed by atoms with E-state index in [9.17, 15) is 10.2 Å². The lowest BCUT2D eigenvalue weighted by Gasteiger charge is -2.48. The van der Waals surface area contributed by atoms with Crippen LogP contribution in [0.5, 0.6) is 11.5 Å². The van der Waals surface area contributed by atoms with Gasteiger partial charge in [-0.25, -0.2) is 0 Å². The first-order valence-corrected chi connectivity index (χ1v) is 9.69. The van der Waals surface area contributed by atoms with Crippen molar-refractivity contribution in [2.45, 2.75) is 30.5 Å². The maximum atomic E-state index is 11.7. The molecule has 0 aliphatic heterocycles. The number of rotatable bonds is 6. The minimum Gasteiger partial charge on any atom is -0.497 e.